The number of ketones is 1. The van der Waals surface area contributed by atoms with Crippen LogP contribution in [0, 0.1) is 0 Å². The number of halogens is 1. The highest BCUT2D eigenvalue weighted by atomic mass is 35.5. The van der Waals surface area contributed by atoms with E-state index in [2.05, 4.69) is 10.3 Å². The Morgan fingerprint density at radius 3 is 2.96 bits per heavy atom. The fraction of sp³-hybridized carbons (Fsp3) is 0.211. The third-order valence-electron chi connectivity index (χ3n) is 4.35. The summed E-state index contributed by atoms with van der Waals surface area (Å²) in [5, 5.41) is 3.84. The number of aliphatic imine (C=N–C) groups is 1. The largest absolute Gasteiger partial charge is 0.367 e. The van der Waals surface area contributed by atoms with E-state index in [4.69, 9.17) is 11.6 Å². The van der Waals surface area contributed by atoms with E-state index < -0.39 is 0 Å². The van der Waals surface area contributed by atoms with Gasteiger partial charge in [-0.3, -0.25) is 9.79 Å². The molecule has 6 nitrogen and oxygen atoms in total. The van der Waals surface area contributed by atoms with Crippen molar-refractivity contribution in [2.45, 2.75) is 6.42 Å². The molecule has 1 aromatic carbocycles. The number of dihydropyridines is 1. The molecule has 2 amide bonds. The van der Waals surface area contributed by atoms with Gasteiger partial charge < -0.3 is 10.2 Å². The molecule has 4 rings (SSSR count). The average Bonchev–Trinajstić information content (AvgIpc) is 2.62. The first-order chi connectivity index (χ1) is 12.6. The SMILES string of the molecule is O=C1C=C(CN2CC3=C(NCC=C3)N(c3cccc(Cl)c3)C2=O)N=CC1. The third kappa shape index (κ3) is 3.15. The summed E-state index contributed by atoms with van der Waals surface area (Å²) in [7, 11) is 0. The monoisotopic (exact) mass is 368 g/mol. The maximum absolute atomic E-state index is 13.2. The second-order valence-corrected chi connectivity index (χ2v) is 6.67. The summed E-state index contributed by atoms with van der Waals surface area (Å²) in [6, 6.07) is 7.01. The van der Waals surface area contributed by atoms with E-state index in [0.29, 0.717) is 35.9 Å². The van der Waals surface area contributed by atoms with Crippen molar-refractivity contribution in [1.29, 1.82) is 0 Å². The molecule has 132 valence electrons. The van der Waals surface area contributed by atoms with Crippen molar-refractivity contribution in [1.82, 2.24) is 10.2 Å². The van der Waals surface area contributed by atoms with Crippen molar-refractivity contribution in [2.24, 2.45) is 4.99 Å². The highest BCUT2D eigenvalue weighted by Crippen LogP contribution is 2.30. The fourth-order valence-electron chi connectivity index (χ4n) is 3.21. The first-order valence-corrected chi connectivity index (χ1v) is 8.74. The zero-order valence-corrected chi connectivity index (χ0v) is 14.7. The maximum Gasteiger partial charge on any atom is 0.330 e. The molecule has 1 N–H and O–H groups in total. The van der Waals surface area contributed by atoms with Crippen LogP contribution in [0.15, 0.2) is 64.6 Å². The van der Waals surface area contributed by atoms with Gasteiger partial charge in [0.15, 0.2) is 5.78 Å². The number of nitrogens with zero attached hydrogens (tertiary/aromatic N) is 3. The number of carbonyl (C=O) groups is 2. The molecule has 3 heterocycles. The molecule has 0 fully saturated rings. The number of nitrogens with one attached hydrogen (secondary N) is 1. The molecule has 3 aliphatic heterocycles. The standard InChI is InChI=1S/C19H17ClN4O2/c20-14-4-1-5-16(9-14)24-18-13(3-2-7-22-18)11-23(19(24)26)12-15-10-17(25)6-8-21-15/h1-5,8-10,22H,6-7,11-12H2. The third-order valence-corrected chi connectivity index (χ3v) is 4.59. The Morgan fingerprint density at radius 2 is 2.15 bits per heavy atom. The average molecular weight is 369 g/mol. The summed E-state index contributed by atoms with van der Waals surface area (Å²) in [5.41, 5.74) is 2.29. The first kappa shape index (κ1) is 16.6. The lowest BCUT2D eigenvalue weighted by Crippen LogP contribution is -2.52. The molecule has 1 aromatic rings. The summed E-state index contributed by atoms with van der Waals surface area (Å²) in [6.07, 6.45) is 7.45. The number of rotatable bonds is 3. The number of urea groups is 1. The van der Waals surface area contributed by atoms with Crippen molar-refractivity contribution in [3.63, 3.8) is 0 Å². The fourth-order valence-corrected chi connectivity index (χ4v) is 3.39. The summed E-state index contributed by atoms with van der Waals surface area (Å²) < 4.78 is 0. The second kappa shape index (κ2) is 6.80. The number of carbonyl (C=O) groups excluding carboxylic acids is 2. The van der Waals surface area contributed by atoms with Gasteiger partial charge in [-0.05, 0) is 18.2 Å². The molecule has 3 aliphatic rings. The molecule has 0 aromatic heterocycles. The van der Waals surface area contributed by atoms with E-state index in [9.17, 15) is 9.59 Å². The smallest absolute Gasteiger partial charge is 0.330 e. The zero-order chi connectivity index (χ0) is 18.1. The van der Waals surface area contributed by atoms with Crippen LogP contribution in [0.3, 0.4) is 0 Å². The predicted molar refractivity (Wildman–Crippen MR) is 101 cm³/mol. The summed E-state index contributed by atoms with van der Waals surface area (Å²) in [4.78, 5) is 32.4. The lowest BCUT2D eigenvalue weighted by atomic mass is 10.1. The Bertz CT molecular complexity index is 901. The van der Waals surface area contributed by atoms with Crippen molar-refractivity contribution in [3.8, 4) is 0 Å². The molecule has 0 radical (unpaired) electrons. The second-order valence-electron chi connectivity index (χ2n) is 6.23. The zero-order valence-electron chi connectivity index (χ0n) is 14.0. The Hall–Kier alpha value is -2.86. The maximum atomic E-state index is 13.2. The van der Waals surface area contributed by atoms with E-state index in [-0.39, 0.29) is 18.4 Å². The molecule has 0 saturated carbocycles. The van der Waals surface area contributed by atoms with Crippen LogP contribution in [0.5, 0.6) is 0 Å². The molecule has 7 heteroatoms. The lowest BCUT2D eigenvalue weighted by Gasteiger charge is -2.39. The van der Waals surface area contributed by atoms with Crippen molar-refractivity contribution in [2.75, 3.05) is 24.5 Å². The van der Waals surface area contributed by atoms with Crippen molar-refractivity contribution in [3.05, 3.63) is 64.6 Å². The Balaban J connectivity index is 1.70. The van der Waals surface area contributed by atoms with Gasteiger partial charge >= 0.3 is 6.03 Å². The molecule has 0 aliphatic carbocycles. The quantitative estimate of drug-likeness (QED) is 0.892. The van der Waals surface area contributed by atoms with E-state index in [1.54, 1.807) is 28.1 Å². The minimum Gasteiger partial charge on any atom is -0.367 e. The van der Waals surface area contributed by atoms with Gasteiger partial charge in [0.2, 0.25) is 0 Å². The van der Waals surface area contributed by atoms with Crippen LogP contribution >= 0.6 is 11.6 Å². The first-order valence-electron chi connectivity index (χ1n) is 8.36. The van der Waals surface area contributed by atoms with Gasteiger partial charge in [-0.2, -0.15) is 0 Å². The molecular weight excluding hydrogens is 352 g/mol. The van der Waals surface area contributed by atoms with Gasteiger partial charge in [0, 0.05) is 35.9 Å². The number of hydrogen-bond donors (Lipinski definition) is 1. The van der Waals surface area contributed by atoms with Crippen LogP contribution in [0.2, 0.25) is 5.02 Å². The van der Waals surface area contributed by atoms with Crippen LogP contribution in [-0.2, 0) is 4.79 Å². The van der Waals surface area contributed by atoms with E-state index in [1.165, 1.54) is 6.08 Å². The Labute approximate surface area is 156 Å². The number of hydrogen-bond acceptors (Lipinski definition) is 4. The summed E-state index contributed by atoms with van der Waals surface area (Å²) in [6.45, 7) is 1.39. The van der Waals surface area contributed by atoms with Gasteiger partial charge in [-0.1, -0.05) is 29.8 Å². The number of anilines is 1. The topological polar surface area (TPSA) is 65.0 Å². The molecule has 0 bridgehead atoms. The van der Waals surface area contributed by atoms with E-state index in [1.807, 2.05) is 24.3 Å². The lowest BCUT2D eigenvalue weighted by molar-refractivity contribution is -0.113. The van der Waals surface area contributed by atoms with Crippen molar-refractivity contribution < 1.29 is 9.59 Å². The molecule has 0 unspecified atom stereocenters. The summed E-state index contributed by atoms with van der Waals surface area (Å²) in [5.74, 6) is 0.776. The number of benzene rings is 1. The Kier molecular flexibility index (Phi) is 4.34. The molecular formula is C19H17ClN4O2. The van der Waals surface area contributed by atoms with E-state index >= 15 is 0 Å². The van der Waals surface area contributed by atoms with Crippen LogP contribution in [0.25, 0.3) is 0 Å². The van der Waals surface area contributed by atoms with E-state index in [0.717, 1.165) is 11.4 Å². The van der Waals surface area contributed by atoms with Gasteiger partial charge in [0.1, 0.15) is 5.82 Å². The van der Waals surface area contributed by atoms with Gasteiger partial charge in [0.25, 0.3) is 0 Å². The molecule has 0 spiro atoms. The Morgan fingerprint density at radius 1 is 1.27 bits per heavy atom. The minimum absolute atomic E-state index is 0.00490. The predicted octanol–water partition coefficient (Wildman–Crippen LogP) is 2.88. The highest BCUT2D eigenvalue weighted by Gasteiger charge is 2.34. The highest BCUT2D eigenvalue weighted by molar-refractivity contribution is 6.31. The van der Waals surface area contributed by atoms with Crippen LogP contribution in [-0.4, -0.2) is 42.6 Å². The van der Waals surface area contributed by atoms with Crippen LogP contribution in [0.4, 0.5) is 10.5 Å². The van der Waals surface area contributed by atoms with Crippen LogP contribution < -0.4 is 10.2 Å². The van der Waals surface area contributed by atoms with Gasteiger partial charge in [0.05, 0.1) is 24.5 Å². The molecule has 0 saturated heterocycles. The molecule has 26 heavy (non-hydrogen) atoms. The number of amides is 2. The minimum atomic E-state index is -0.178. The van der Waals surface area contributed by atoms with Gasteiger partial charge in [-0.15, -0.1) is 0 Å². The van der Waals surface area contributed by atoms with Crippen LogP contribution in [0.1, 0.15) is 6.42 Å². The summed E-state index contributed by atoms with van der Waals surface area (Å²) >= 11 is 6.13. The normalized spacial score (nSPS) is 19.5. The number of allylic oxidation sites excluding steroid dienone is 1. The van der Waals surface area contributed by atoms with Crippen molar-refractivity contribution >= 4 is 35.3 Å². The molecule has 0 atom stereocenters. The van der Waals surface area contributed by atoms with Gasteiger partial charge in [-0.25, -0.2) is 9.69 Å².